The average Bonchev–Trinajstić information content (AvgIpc) is 2.82. The Bertz CT molecular complexity index is 1610. The molecule has 31 heavy (non-hydrogen) atoms. The number of hydrogen-bond acceptors (Lipinski definition) is 2. The van der Waals surface area contributed by atoms with E-state index in [0.29, 0.717) is 5.46 Å². The summed E-state index contributed by atoms with van der Waals surface area (Å²) in [5.41, 5.74) is 2.83. The number of benzene rings is 6. The molecule has 0 saturated heterocycles. The largest absolute Gasteiger partial charge is 0.489 e. The summed E-state index contributed by atoms with van der Waals surface area (Å²) in [5, 5.41) is 29.2. The van der Waals surface area contributed by atoms with Crippen molar-refractivity contribution in [1.82, 2.24) is 0 Å². The maximum absolute atomic E-state index is 10.5. The fourth-order valence-corrected chi connectivity index (χ4v) is 4.99. The molecule has 0 radical (unpaired) electrons. The van der Waals surface area contributed by atoms with Crippen LogP contribution in [0.25, 0.3) is 54.2 Å². The highest BCUT2D eigenvalue weighted by atomic mass is 16.4. The molecule has 0 atom stereocenters. The lowest BCUT2D eigenvalue weighted by molar-refractivity contribution is 0.426. The van der Waals surface area contributed by atoms with Crippen molar-refractivity contribution in [2.24, 2.45) is 0 Å². The highest BCUT2D eigenvalue weighted by Gasteiger charge is 2.24. The van der Waals surface area contributed by atoms with Gasteiger partial charge in [0.15, 0.2) is 0 Å². The summed E-state index contributed by atoms with van der Waals surface area (Å²) in [5.74, 6) is 0. The van der Waals surface area contributed by atoms with Crippen molar-refractivity contribution in [2.75, 3.05) is 0 Å². The molecule has 0 aliphatic rings. The number of hydrogen-bond donors (Lipinski definition) is 2. The van der Waals surface area contributed by atoms with Crippen molar-refractivity contribution >= 4 is 55.7 Å². The van der Waals surface area contributed by atoms with Crippen molar-refractivity contribution in [3.05, 3.63) is 103 Å². The highest BCUT2D eigenvalue weighted by Crippen LogP contribution is 2.40. The minimum Gasteiger partial charge on any atom is -0.423 e. The molecule has 0 unspecified atom stereocenters. The van der Waals surface area contributed by atoms with Gasteiger partial charge >= 0.3 is 7.12 Å². The zero-order chi connectivity index (χ0) is 20.9. The van der Waals surface area contributed by atoms with Crippen LogP contribution in [-0.2, 0) is 0 Å². The van der Waals surface area contributed by atoms with E-state index in [9.17, 15) is 10.0 Å². The zero-order valence-electron chi connectivity index (χ0n) is 16.8. The van der Waals surface area contributed by atoms with E-state index in [1.165, 1.54) is 10.8 Å². The van der Waals surface area contributed by atoms with Crippen LogP contribution in [0.2, 0.25) is 0 Å². The van der Waals surface area contributed by atoms with Gasteiger partial charge in [0.1, 0.15) is 0 Å². The maximum Gasteiger partial charge on any atom is 0.489 e. The third-order valence-corrected chi connectivity index (χ3v) is 6.27. The SMILES string of the molecule is OB(O)c1c2ccccc2c(-c2cccc3ccccc23)c2ccc3ccccc3c12. The Morgan fingerprint density at radius 1 is 0.452 bits per heavy atom. The fraction of sp³-hybridized carbons (Fsp3) is 0. The third kappa shape index (κ3) is 2.68. The van der Waals surface area contributed by atoms with Crippen LogP contribution in [-0.4, -0.2) is 17.2 Å². The molecule has 0 aliphatic carbocycles. The van der Waals surface area contributed by atoms with Crippen LogP contribution in [0.15, 0.2) is 103 Å². The van der Waals surface area contributed by atoms with Crippen molar-refractivity contribution < 1.29 is 10.0 Å². The van der Waals surface area contributed by atoms with Gasteiger partial charge in [-0.3, -0.25) is 0 Å². The van der Waals surface area contributed by atoms with Crippen LogP contribution < -0.4 is 5.46 Å². The maximum atomic E-state index is 10.5. The fourth-order valence-electron chi connectivity index (χ4n) is 4.99. The molecule has 6 rings (SSSR count). The van der Waals surface area contributed by atoms with E-state index in [4.69, 9.17) is 0 Å². The summed E-state index contributed by atoms with van der Waals surface area (Å²) in [7, 11) is -1.57. The number of rotatable bonds is 2. The number of fused-ring (bicyclic) bond motifs is 5. The lowest BCUT2D eigenvalue weighted by Gasteiger charge is -2.19. The first-order valence-corrected chi connectivity index (χ1v) is 10.4. The van der Waals surface area contributed by atoms with Crippen LogP contribution in [0.1, 0.15) is 0 Å². The predicted octanol–water partition coefficient (Wildman–Crippen LogP) is 5.65. The molecule has 0 spiro atoms. The van der Waals surface area contributed by atoms with Crippen LogP contribution in [0.5, 0.6) is 0 Å². The molecule has 0 aliphatic heterocycles. The molecular formula is C28H19BO2. The molecule has 6 aromatic carbocycles. The van der Waals surface area contributed by atoms with Gasteiger partial charge in [0.2, 0.25) is 0 Å². The molecule has 2 N–H and O–H groups in total. The van der Waals surface area contributed by atoms with Gasteiger partial charge in [0, 0.05) is 0 Å². The molecule has 0 heterocycles. The Balaban J connectivity index is 1.93. The highest BCUT2D eigenvalue weighted by molar-refractivity contribution is 6.67. The normalized spacial score (nSPS) is 11.5. The molecule has 3 heteroatoms. The van der Waals surface area contributed by atoms with E-state index in [-0.39, 0.29) is 0 Å². The molecule has 6 aromatic rings. The van der Waals surface area contributed by atoms with Crippen LogP contribution in [0.4, 0.5) is 0 Å². The molecular weight excluding hydrogens is 379 g/mol. The quantitative estimate of drug-likeness (QED) is 0.225. The lowest BCUT2D eigenvalue weighted by Crippen LogP contribution is -2.31. The molecule has 146 valence electrons. The first kappa shape index (κ1) is 18.1. The molecule has 2 nitrogen and oxygen atoms in total. The van der Waals surface area contributed by atoms with E-state index < -0.39 is 7.12 Å². The van der Waals surface area contributed by atoms with E-state index in [1.807, 2.05) is 30.3 Å². The van der Waals surface area contributed by atoms with Crippen LogP contribution in [0, 0.1) is 0 Å². The van der Waals surface area contributed by atoms with Crippen molar-refractivity contribution in [1.29, 1.82) is 0 Å². The Morgan fingerprint density at radius 3 is 1.77 bits per heavy atom. The van der Waals surface area contributed by atoms with E-state index in [0.717, 1.165) is 43.4 Å². The molecule has 0 saturated carbocycles. The Kier molecular flexibility index (Phi) is 4.07. The molecule has 0 fully saturated rings. The monoisotopic (exact) mass is 398 g/mol. The Morgan fingerprint density at radius 2 is 1.03 bits per heavy atom. The van der Waals surface area contributed by atoms with Gasteiger partial charge in [-0.15, -0.1) is 0 Å². The molecule has 0 bridgehead atoms. The van der Waals surface area contributed by atoms with Gasteiger partial charge in [-0.2, -0.15) is 0 Å². The topological polar surface area (TPSA) is 40.5 Å². The minimum absolute atomic E-state index is 0.561. The molecule has 0 aromatic heterocycles. The first-order chi connectivity index (χ1) is 15.2. The van der Waals surface area contributed by atoms with Gasteiger partial charge < -0.3 is 10.0 Å². The van der Waals surface area contributed by atoms with E-state index in [1.54, 1.807) is 0 Å². The second-order valence-electron chi connectivity index (χ2n) is 7.94. The molecule has 0 amide bonds. The van der Waals surface area contributed by atoms with Crippen molar-refractivity contribution in [2.45, 2.75) is 0 Å². The summed E-state index contributed by atoms with van der Waals surface area (Å²) in [6.07, 6.45) is 0. The standard InChI is InChI=1S/C28H19BO2/c30-29(31)28-24-14-6-5-13-23(24)26(22-15-7-10-18-8-1-3-11-20(18)22)25-17-16-19-9-2-4-12-21(19)27(25)28/h1-17,30-31H. The predicted molar refractivity (Wildman–Crippen MR) is 132 cm³/mol. The van der Waals surface area contributed by atoms with E-state index >= 15 is 0 Å². The lowest BCUT2D eigenvalue weighted by atomic mass is 9.71. The second kappa shape index (κ2) is 6.95. The Labute approximate surface area is 180 Å². The minimum atomic E-state index is -1.57. The van der Waals surface area contributed by atoms with Crippen molar-refractivity contribution in [3.63, 3.8) is 0 Å². The van der Waals surface area contributed by atoms with Crippen LogP contribution in [0.3, 0.4) is 0 Å². The smallest absolute Gasteiger partial charge is 0.423 e. The first-order valence-electron chi connectivity index (χ1n) is 10.4. The zero-order valence-corrected chi connectivity index (χ0v) is 16.8. The second-order valence-corrected chi connectivity index (χ2v) is 7.94. The summed E-state index contributed by atoms with van der Waals surface area (Å²) < 4.78 is 0. The van der Waals surface area contributed by atoms with Crippen molar-refractivity contribution in [3.8, 4) is 11.1 Å². The van der Waals surface area contributed by atoms with Gasteiger partial charge in [0.25, 0.3) is 0 Å². The summed E-state index contributed by atoms with van der Waals surface area (Å²) in [6.45, 7) is 0. The van der Waals surface area contributed by atoms with Gasteiger partial charge in [-0.1, -0.05) is 103 Å². The summed E-state index contributed by atoms with van der Waals surface area (Å²) in [6, 6.07) is 35.2. The van der Waals surface area contributed by atoms with Crippen LogP contribution >= 0.6 is 0 Å². The Hall–Kier alpha value is -3.66. The summed E-state index contributed by atoms with van der Waals surface area (Å²) in [4.78, 5) is 0. The third-order valence-electron chi connectivity index (χ3n) is 6.27. The van der Waals surface area contributed by atoms with Gasteiger partial charge in [0.05, 0.1) is 0 Å². The summed E-state index contributed by atoms with van der Waals surface area (Å²) >= 11 is 0. The average molecular weight is 398 g/mol. The van der Waals surface area contributed by atoms with Gasteiger partial charge in [-0.05, 0) is 59.7 Å². The van der Waals surface area contributed by atoms with E-state index in [2.05, 4.69) is 72.8 Å². The van der Waals surface area contributed by atoms with Gasteiger partial charge in [-0.25, -0.2) is 0 Å².